The quantitative estimate of drug-likeness (QED) is 0.387. The molecule has 0 unspecified atom stereocenters. The molecule has 7 heteroatoms. The van der Waals surface area contributed by atoms with Gasteiger partial charge < -0.3 is 15.6 Å². The van der Waals surface area contributed by atoms with Crippen LogP contribution in [-0.2, 0) is 28.3 Å². The molecule has 2 aromatic carbocycles. The highest BCUT2D eigenvalue weighted by Crippen LogP contribution is 2.39. The number of amides is 1. The van der Waals surface area contributed by atoms with Gasteiger partial charge in [0.1, 0.15) is 5.69 Å². The number of aromatic amines is 1. The largest absolute Gasteiger partial charge is 0.354 e. The van der Waals surface area contributed by atoms with Gasteiger partial charge in [0.25, 0.3) is 5.91 Å². The molecular weight excluding hydrogens is 494 g/mol. The van der Waals surface area contributed by atoms with Gasteiger partial charge in [0.2, 0.25) is 9.84 Å². The van der Waals surface area contributed by atoms with Crippen LogP contribution in [0.4, 0.5) is 0 Å². The third kappa shape index (κ3) is 5.19. The van der Waals surface area contributed by atoms with Gasteiger partial charge in [-0.05, 0) is 74.1 Å². The SMILES string of the molecule is Cc1cc(C)c(S(=O)(=O)c2ccc(CNC(=O)c3cc4c([nH]3)CCNC43CCCCCCC3)cc2)c(C)c1. The summed E-state index contributed by atoms with van der Waals surface area (Å²) >= 11 is 0. The fourth-order valence-corrected chi connectivity index (χ4v) is 8.19. The Balaban J connectivity index is 1.28. The van der Waals surface area contributed by atoms with Crippen molar-refractivity contribution in [2.75, 3.05) is 6.54 Å². The lowest BCUT2D eigenvalue weighted by Crippen LogP contribution is -2.47. The summed E-state index contributed by atoms with van der Waals surface area (Å²) in [6.07, 6.45) is 9.46. The minimum Gasteiger partial charge on any atom is -0.354 e. The van der Waals surface area contributed by atoms with Gasteiger partial charge in [-0.3, -0.25) is 4.79 Å². The Hall–Kier alpha value is -2.90. The molecule has 0 bridgehead atoms. The predicted molar refractivity (Wildman–Crippen MR) is 150 cm³/mol. The molecule has 1 aliphatic heterocycles. The zero-order chi connectivity index (χ0) is 26.9. The number of nitrogens with one attached hydrogen (secondary N) is 3. The summed E-state index contributed by atoms with van der Waals surface area (Å²) in [4.78, 5) is 17.1. The van der Waals surface area contributed by atoms with Crippen molar-refractivity contribution >= 4 is 15.7 Å². The van der Waals surface area contributed by atoms with E-state index < -0.39 is 9.84 Å². The molecule has 1 spiro atoms. The molecule has 202 valence electrons. The van der Waals surface area contributed by atoms with E-state index in [0.29, 0.717) is 17.1 Å². The number of aryl methyl sites for hydroxylation is 3. The molecule has 1 aliphatic carbocycles. The molecule has 5 rings (SSSR count). The molecule has 6 nitrogen and oxygen atoms in total. The van der Waals surface area contributed by atoms with Crippen LogP contribution in [0.15, 0.2) is 52.3 Å². The fourth-order valence-electron chi connectivity index (χ4n) is 6.49. The van der Waals surface area contributed by atoms with Crippen molar-refractivity contribution < 1.29 is 13.2 Å². The summed E-state index contributed by atoms with van der Waals surface area (Å²) in [5.74, 6) is -0.136. The van der Waals surface area contributed by atoms with Crippen LogP contribution < -0.4 is 10.6 Å². The van der Waals surface area contributed by atoms with Gasteiger partial charge in [-0.1, -0.05) is 61.9 Å². The molecule has 3 aromatic rings. The summed E-state index contributed by atoms with van der Waals surface area (Å²) in [7, 11) is -3.63. The van der Waals surface area contributed by atoms with Crippen molar-refractivity contribution in [1.82, 2.24) is 15.6 Å². The first-order valence-electron chi connectivity index (χ1n) is 13.9. The minimum absolute atomic E-state index is 0.0154. The van der Waals surface area contributed by atoms with Crippen LogP contribution >= 0.6 is 0 Å². The Bertz CT molecular complexity index is 1410. The van der Waals surface area contributed by atoms with E-state index in [-0.39, 0.29) is 16.3 Å². The zero-order valence-electron chi connectivity index (χ0n) is 22.7. The molecule has 38 heavy (non-hydrogen) atoms. The maximum Gasteiger partial charge on any atom is 0.267 e. The first-order valence-corrected chi connectivity index (χ1v) is 15.4. The van der Waals surface area contributed by atoms with Crippen molar-refractivity contribution in [3.05, 3.63) is 81.7 Å². The molecule has 3 N–H and O–H groups in total. The number of hydrogen-bond donors (Lipinski definition) is 3. The van der Waals surface area contributed by atoms with Crippen molar-refractivity contribution in [2.45, 2.75) is 94.0 Å². The summed E-state index contributed by atoms with van der Waals surface area (Å²) in [5, 5.41) is 6.82. The third-order valence-electron chi connectivity index (χ3n) is 8.27. The monoisotopic (exact) mass is 533 g/mol. The zero-order valence-corrected chi connectivity index (χ0v) is 23.6. The minimum atomic E-state index is -3.63. The lowest BCUT2D eigenvalue weighted by atomic mass is 9.76. The third-order valence-corrected chi connectivity index (χ3v) is 10.3. The Kier molecular flexibility index (Phi) is 7.51. The number of aromatic nitrogens is 1. The van der Waals surface area contributed by atoms with Crippen molar-refractivity contribution in [3.8, 4) is 0 Å². The van der Waals surface area contributed by atoms with E-state index in [0.717, 1.165) is 48.1 Å². The normalized spacial score (nSPS) is 17.4. The van der Waals surface area contributed by atoms with Gasteiger partial charge >= 0.3 is 0 Å². The van der Waals surface area contributed by atoms with Crippen molar-refractivity contribution in [3.63, 3.8) is 0 Å². The highest BCUT2D eigenvalue weighted by Gasteiger charge is 2.37. The van der Waals surface area contributed by atoms with E-state index in [9.17, 15) is 13.2 Å². The number of H-pyrrole nitrogens is 1. The standard InChI is InChI=1S/C31H39N3O3S/c1-21-17-22(2)29(23(3)18-21)38(36,37)25-11-9-24(10-12-25)20-32-30(35)28-19-26-27(34-28)13-16-33-31(26)14-7-5-4-6-8-15-31/h9-12,17-19,33-34H,4-8,13-16,20H2,1-3H3,(H,32,35). The van der Waals surface area contributed by atoms with Crippen LogP contribution in [0.25, 0.3) is 0 Å². The van der Waals surface area contributed by atoms with Crippen LogP contribution in [-0.4, -0.2) is 25.9 Å². The summed E-state index contributed by atoms with van der Waals surface area (Å²) in [6, 6.07) is 12.7. The molecule has 0 radical (unpaired) electrons. The van der Waals surface area contributed by atoms with Gasteiger partial charge in [0.15, 0.2) is 0 Å². The number of fused-ring (bicyclic) bond motifs is 2. The average Bonchev–Trinajstić information content (AvgIpc) is 3.30. The molecule has 2 heterocycles. The maximum atomic E-state index is 13.3. The molecule has 1 fully saturated rings. The van der Waals surface area contributed by atoms with E-state index in [1.165, 1.54) is 43.4 Å². The molecule has 1 amide bonds. The van der Waals surface area contributed by atoms with Crippen LogP contribution in [0.1, 0.15) is 88.9 Å². The van der Waals surface area contributed by atoms with Gasteiger partial charge in [0, 0.05) is 30.7 Å². The smallest absolute Gasteiger partial charge is 0.267 e. The summed E-state index contributed by atoms with van der Waals surface area (Å²) < 4.78 is 26.7. The van der Waals surface area contributed by atoms with E-state index in [1.807, 2.05) is 32.9 Å². The van der Waals surface area contributed by atoms with Gasteiger partial charge in [-0.25, -0.2) is 8.42 Å². The first-order chi connectivity index (χ1) is 18.2. The second-order valence-electron chi connectivity index (χ2n) is 11.2. The van der Waals surface area contributed by atoms with E-state index in [2.05, 4.69) is 21.7 Å². The van der Waals surface area contributed by atoms with Crippen LogP contribution in [0, 0.1) is 20.8 Å². The first kappa shape index (κ1) is 26.7. The van der Waals surface area contributed by atoms with Gasteiger partial charge in [-0.15, -0.1) is 0 Å². The summed E-state index contributed by atoms with van der Waals surface area (Å²) in [6.45, 7) is 6.91. The van der Waals surface area contributed by atoms with Gasteiger partial charge in [-0.2, -0.15) is 0 Å². The van der Waals surface area contributed by atoms with Gasteiger partial charge in [0.05, 0.1) is 9.79 Å². The number of hydrogen-bond acceptors (Lipinski definition) is 4. The van der Waals surface area contributed by atoms with Crippen molar-refractivity contribution in [2.24, 2.45) is 0 Å². The van der Waals surface area contributed by atoms with E-state index in [4.69, 9.17) is 0 Å². The lowest BCUT2D eigenvalue weighted by molar-refractivity contribution is 0.0946. The second-order valence-corrected chi connectivity index (χ2v) is 13.0. The Morgan fingerprint density at radius 1 is 0.921 bits per heavy atom. The molecule has 0 atom stereocenters. The Labute approximate surface area is 226 Å². The topological polar surface area (TPSA) is 91.1 Å². The number of rotatable bonds is 5. The van der Waals surface area contributed by atoms with E-state index >= 15 is 0 Å². The van der Waals surface area contributed by atoms with E-state index in [1.54, 1.807) is 24.3 Å². The maximum absolute atomic E-state index is 13.3. The Morgan fingerprint density at radius 3 is 2.21 bits per heavy atom. The lowest BCUT2D eigenvalue weighted by Gasteiger charge is -2.40. The molecular formula is C31H39N3O3S. The highest BCUT2D eigenvalue weighted by molar-refractivity contribution is 7.91. The average molecular weight is 534 g/mol. The highest BCUT2D eigenvalue weighted by atomic mass is 32.2. The molecule has 1 saturated carbocycles. The Morgan fingerprint density at radius 2 is 1.55 bits per heavy atom. The molecule has 1 aromatic heterocycles. The van der Waals surface area contributed by atoms with Crippen LogP contribution in [0.3, 0.4) is 0 Å². The van der Waals surface area contributed by atoms with Crippen molar-refractivity contribution in [1.29, 1.82) is 0 Å². The molecule has 2 aliphatic rings. The number of sulfone groups is 1. The summed E-state index contributed by atoms with van der Waals surface area (Å²) in [5.41, 5.74) is 6.45. The second kappa shape index (κ2) is 10.7. The van der Waals surface area contributed by atoms with Crippen LogP contribution in [0.5, 0.6) is 0 Å². The fraction of sp³-hybridized carbons (Fsp3) is 0.452. The molecule has 0 saturated heterocycles. The number of carbonyl (C=O) groups excluding carboxylic acids is 1. The number of carbonyl (C=O) groups is 1. The van der Waals surface area contributed by atoms with Crippen LogP contribution in [0.2, 0.25) is 0 Å². The predicted octanol–water partition coefficient (Wildman–Crippen LogP) is 5.79. The number of benzene rings is 2.